The Hall–Kier alpha value is 0.147. The van der Waals surface area contributed by atoms with Crippen molar-refractivity contribution in [2.75, 3.05) is 6.67 Å². The predicted octanol–water partition coefficient (Wildman–Crippen LogP) is 1.13. The highest BCUT2D eigenvalue weighted by Crippen LogP contribution is 1.74. The van der Waals surface area contributed by atoms with Crippen molar-refractivity contribution in [1.29, 1.82) is 0 Å². The minimum absolute atomic E-state index is 0.144. The average molecular weight is 90.2 g/mol. The van der Waals surface area contributed by atoms with Gasteiger partial charge in [0.05, 0.1) is 6.67 Å². The molecule has 0 amide bonds. The molecule has 0 saturated carbocycles. The molecule has 0 aromatic rings. The lowest BCUT2D eigenvalue weighted by Crippen LogP contribution is -1.78. The van der Waals surface area contributed by atoms with E-state index in [4.69, 9.17) is 0 Å². The summed E-state index contributed by atoms with van der Waals surface area (Å²) in [5.74, 6) is 0. The molecule has 30 valence electrons. The van der Waals surface area contributed by atoms with E-state index in [2.05, 4.69) is 0 Å². The third-order valence-electron chi connectivity index (χ3n) is 0.344. The van der Waals surface area contributed by atoms with E-state index in [1.807, 2.05) is 6.55 Å². The highest BCUT2D eigenvalue weighted by Gasteiger charge is 1.73. The first kappa shape index (κ1) is 5.15. The van der Waals surface area contributed by atoms with Crippen LogP contribution in [0, 0.1) is 0 Å². The van der Waals surface area contributed by atoms with Gasteiger partial charge in [-0.05, 0) is 6.04 Å². The normalized spacial score (nSPS) is 8.40. The van der Waals surface area contributed by atoms with Gasteiger partial charge in [0.25, 0.3) is 0 Å². The molecule has 0 atom stereocenters. The molecular weight excluding hydrogens is 83.1 g/mol. The molecule has 0 spiro atoms. The van der Waals surface area contributed by atoms with E-state index < -0.39 is 0 Å². The van der Waals surface area contributed by atoms with Gasteiger partial charge in [0.2, 0.25) is 0 Å². The van der Waals surface area contributed by atoms with Crippen molar-refractivity contribution in [2.45, 2.75) is 12.6 Å². The van der Waals surface area contributed by atoms with Crippen LogP contribution in [0.5, 0.6) is 0 Å². The van der Waals surface area contributed by atoms with Crippen LogP contribution in [0.15, 0.2) is 0 Å². The Balaban J connectivity index is 2.19. The maximum atomic E-state index is 11.0. The quantitative estimate of drug-likeness (QED) is 0.446. The number of halogens is 1. The summed E-state index contributed by atoms with van der Waals surface area (Å²) in [5.41, 5.74) is 0. The first-order chi connectivity index (χ1) is 2.41. The maximum absolute atomic E-state index is 11.0. The average Bonchev–Trinajstić information content (AvgIpc) is 1.41. The van der Waals surface area contributed by atoms with Crippen molar-refractivity contribution in [1.82, 2.24) is 0 Å². The van der Waals surface area contributed by atoms with Crippen LogP contribution < -0.4 is 0 Å². The second-order valence-corrected chi connectivity index (χ2v) is 2.00. The van der Waals surface area contributed by atoms with Crippen molar-refractivity contribution in [2.24, 2.45) is 0 Å². The molecule has 0 fully saturated rings. The molecule has 0 N–H and O–H groups in total. The summed E-state index contributed by atoms with van der Waals surface area (Å²) < 4.78 is 11.0. The lowest BCUT2D eigenvalue weighted by molar-refractivity contribution is 0.526. The molecule has 2 radical (unpaired) electrons. The SMILES string of the molecule is C[Si]CCF. The smallest absolute Gasteiger partial charge is 0.0866 e. The zero-order valence-corrected chi connectivity index (χ0v) is 4.29. The van der Waals surface area contributed by atoms with Crippen molar-refractivity contribution < 1.29 is 4.39 Å². The summed E-state index contributed by atoms with van der Waals surface area (Å²) in [5, 5.41) is 0. The lowest BCUT2D eigenvalue weighted by Gasteiger charge is -1.74. The predicted molar refractivity (Wildman–Crippen MR) is 22.4 cm³/mol. The molecule has 5 heavy (non-hydrogen) atoms. The van der Waals surface area contributed by atoms with Crippen LogP contribution in [-0.2, 0) is 0 Å². The monoisotopic (exact) mass is 90.0 g/mol. The first-order valence-corrected chi connectivity index (χ1v) is 3.33. The van der Waals surface area contributed by atoms with Gasteiger partial charge in [-0.15, -0.1) is 0 Å². The Morgan fingerprint density at radius 1 is 1.80 bits per heavy atom. The molecule has 2 heteroatoms. The number of alkyl halides is 1. The van der Waals surface area contributed by atoms with Crippen molar-refractivity contribution in [3.8, 4) is 0 Å². The largest absolute Gasteiger partial charge is 0.251 e. The first-order valence-electron chi connectivity index (χ1n) is 1.62. The molecule has 0 unspecified atom stereocenters. The van der Waals surface area contributed by atoms with Crippen LogP contribution in [0.25, 0.3) is 0 Å². The summed E-state index contributed by atoms with van der Waals surface area (Å²) in [6.45, 7) is 1.86. The number of hydrogen-bond acceptors (Lipinski definition) is 0. The second kappa shape index (κ2) is 4.15. The number of hydrogen-bond donors (Lipinski definition) is 0. The van der Waals surface area contributed by atoms with Crippen LogP contribution in [0.1, 0.15) is 0 Å². The molecule has 0 aromatic carbocycles. The molecular formula is C3H7FSi. The third-order valence-corrected chi connectivity index (χ3v) is 1.03. The fraction of sp³-hybridized carbons (Fsp3) is 1.00. The Morgan fingerprint density at radius 2 is 2.40 bits per heavy atom. The molecule has 0 bridgehead atoms. The van der Waals surface area contributed by atoms with Crippen molar-refractivity contribution in [3.63, 3.8) is 0 Å². The Morgan fingerprint density at radius 3 is 2.40 bits per heavy atom. The summed E-state index contributed by atoms with van der Waals surface area (Å²) in [4.78, 5) is 0. The molecule has 0 rings (SSSR count). The van der Waals surface area contributed by atoms with Crippen LogP contribution in [0.4, 0.5) is 4.39 Å². The highest BCUT2D eigenvalue weighted by molar-refractivity contribution is 6.33. The zero-order chi connectivity index (χ0) is 4.12. The van der Waals surface area contributed by atoms with Gasteiger partial charge in [-0.2, -0.15) is 0 Å². The zero-order valence-electron chi connectivity index (χ0n) is 3.29. The van der Waals surface area contributed by atoms with Crippen LogP contribution in [0.2, 0.25) is 12.6 Å². The van der Waals surface area contributed by atoms with Gasteiger partial charge < -0.3 is 0 Å². The van der Waals surface area contributed by atoms with Crippen LogP contribution >= 0.6 is 0 Å². The van der Waals surface area contributed by atoms with E-state index in [0.717, 1.165) is 15.6 Å². The minimum Gasteiger partial charge on any atom is -0.251 e. The van der Waals surface area contributed by atoms with Gasteiger partial charge in [0.15, 0.2) is 0 Å². The van der Waals surface area contributed by atoms with Gasteiger partial charge in [-0.3, -0.25) is 4.39 Å². The Bertz CT molecular complexity index is 14.4. The molecule has 0 aliphatic heterocycles. The Labute approximate surface area is 34.2 Å². The molecule has 0 aromatic heterocycles. The summed E-state index contributed by atoms with van der Waals surface area (Å²) in [6.07, 6.45) is 0. The molecule has 0 aliphatic rings. The van der Waals surface area contributed by atoms with Crippen LogP contribution in [0.3, 0.4) is 0 Å². The molecule has 0 heterocycles. The molecule has 0 nitrogen and oxygen atoms in total. The molecule has 0 aliphatic carbocycles. The molecule has 0 saturated heterocycles. The Kier molecular flexibility index (Phi) is 4.27. The van der Waals surface area contributed by atoms with E-state index in [1.165, 1.54) is 0 Å². The summed E-state index contributed by atoms with van der Waals surface area (Å²) >= 11 is 0. The lowest BCUT2D eigenvalue weighted by atomic mass is 10.9. The van der Waals surface area contributed by atoms with E-state index in [1.54, 1.807) is 0 Å². The van der Waals surface area contributed by atoms with E-state index in [9.17, 15) is 4.39 Å². The van der Waals surface area contributed by atoms with Crippen molar-refractivity contribution in [3.05, 3.63) is 0 Å². The standard InChI is InChI=1S/C3H7FSi/c1-5-3-2-4/h2-3H2,1H3. The van der Waals surface area contributed by atoms with Crippen molar-refractivity contribution >= 4 is 9.52 Å². The van der Waals surface area contributed by atoms with Gasteiger partial charge in [0, 0.05) is 9.52 Å². The van der Waals surface area contributed by atoms with Crippen LogP contribution in [-0.4, -0.2) is 16.2 Å². The van der Waals surface area contributed by atoms with E-state index in [-0.39, 0.29) is 6.67 Å². The van der Waals surface area contributed by atoms with Gasteiger partial charge in [0.1, 0.15) is 0 Å². The maximum Gasteiger partial charge on any atom is 0.0866 e. The second-order valence-electron chi connectivity index (χ2n) is 0.793. The van der Waals surface area contributed by atoms with E-state index in [0.29, 0.717) is 0 Å². The van der Waals surface area contributed by atoms with Gasteiger partial charge in [-0.1, -0.05) is 6.55 Å². The summed E-state index contributed by atoms with van der Waals surface area (Å²) in [6, 6.07) is 0.750. The van der Waals surface area contributed by atoms with Gasteiger partial charge in [-0.25, -0.2) is 0 Å². The highest BCUT2D eigenvalue weighted by atomic mass is 28.2. The minimum atomic E-state index is -0.144. The fourth-order valence-corrected chi connectivity index (χ4v) is 0.283. The topological polar surface area (TPSA) is 0 Å². The number of rotatable bonds is 2. The fourth-order valence-electron chi connectivity index (χ4n) is 0.0945. The van der Waals surface area contributed by atoms with E-state index >= 15 is 0 Å². The third kappa shape index (κ3) is 4.15. The summed E-state index contributed by atoms with van der Waals surface area (Å²) in [7, 11) is 0.783. The van der Waals surface area contributed by atoms with Gasteiger partial charge >= 0.3 is 0 Å².